The molecule has 0 aromatic carbocycles. The van der Waals surface area contributed by atoms with Crippen LogP contribution in [0.15, 0.2) is 17.2 Å². The average molecular weight is 457 g/mol. The molecule has 0 spiro atoms. The number of nitriles is 2. The van der Waals surface area contributed by atoms with Crippen LogP contribution >= 0.6 is 23.1 Å². The van der Waals surface area contributed by atoms with Crippen LogP contribution in [0.4, 0.5) is 5.00 Å². The molecule has 31 heavy (non-hydrogen) atoms. The third-order valence-corrected chi connectivity index (χ3v) is 6.55. The number of aromatic nitrogens is 1. The summed E-state index contributed by atoms with van der Waals surface area (Å²) in [6.07, 6.45) is 3.12. The Bertz CT molecular complexity index is 1030. The van der Waals surface area contributed by atoms with Crippen LogP contribution in [-0.2, 0) is 16.0 Å². The van der Waals surface area contributed by atoms with Crippen molar-refractivity contribution in [3.63, 3.8) is 0 Å². The van der Waals surface area contributed by atoms with Gasteiger partial charge in [0.25, 0.3) is 0 Å². The highest BCUT2D eigenvalue weighted by Crippen LogP contribution is 2.33. The molecule has 7 nitrogen and oxygen atoms in total. The largest absolute Gasteiger partial charge is 0.462 e. The number of thioether (sulfide) groups is 1. The summed E-state index contributed by atoms with van der Waals surface area (Å²) in [5, 5.41) is 22.4. The van der Waals surface area contributed by atoms with E-state index in [0.29, 0.717) is 31.8 Å². The number of aryl methyl sites for hydroxylation is 1. The zero-order chi connectivity index (χ0) is 22.8. The SMILES string of the molecule is CCCCc1ccc(C#N)c(SCCC(=O)Nc2sc(C(=O)OCC)c(C)c2C#N)n1. The molecule has 0 saturated carbocycles. The van der Waals surface area contributed by atoms with E-state index in [4.69, 9.17) is 4.74 Å². The van der Waals surface area contributed by atoms with E-state index in [0.717, 1.165) is 36.3 Å². The van der Waals surface area contributed by atoms with Gasteiger partial charge >= 0.3 is 5.97 Å². The van der Waals surface area contributed by atoms with E-state index in [2.05, 4.69) is 23.3 Å². The molecule has 2 rings (SSSR count). The minimum absolute atomic E-state index is 0.174. The van der Waals surface area contributed by atoms with E-state index >= 15 is 0 Å². The highest BCUT2D eigenvalue weighted by Gasteiger charge is 2.22. The van der Waals surface area contributed by atoms with Crippen molar-refractivity contribution in [1.82, 2.24) is 4.98 Å². The molecule has 0 bridgehead atoms. The summed E-state index contributed by atoms with van der Waals surface area (Å²) in [7, 11) is 0. The fraction of sp³-hybridized carbons (Fsp3) is 0.409. The summed E-state index contributed by atoms with van der Waals surface area (Å²) in [6.45, 7) is 5.71. The molecular weight excluding hydrogens is 432 g/mol. The standard InChI is InChI=1S/C22H24N4O3S2/c1-4-6-7-16-9-8-15(12-23)20(25-16)30-11-10-18(27)26-21-17(13-24)14(3)19(31-21)22(28)29-5-2/h8-9H,4-7,10-11H2,1-3H3,(H,26,27). The maximum atomic E-state index is 12.4. The smallest absolute Gasteiger partial charge is 0.348 e. The zero-order valence-electron chi connectivity index (χ0n) is 17.8. The maximum absolute atomic E-state index is 12.4. The van der Waals surface area contributed by atoms with Crippen molar-refractivity contribution in [3.8, 4) is 12.1 Å². The lowest BCUT2D eigenvalue weighted by Gasteiger charge is -2.07. The van der Waals surface area contributed by atoms with Gasteiger partial charge < -0.3 is 10.1 Å². The van der Waals surface area contributed by atoms with Crippen LogP contribution in [0, 0.1) is 29.6 Å². The Labute approximate surface area is 190 Å². The molecule has 2 aromatic rings. The Balaban J connectivity index is 2.02. The van der Waals surface area contributed by atoms with Gasteiger partial charge in [0.15, 0.2) is 0 Å². The second-order valence-corrected chi connectivity index (χ2v) is 8.71. The van der Waals surface area contributed by atoms with Crippen molar-refractivity contribution < 1.29 is 14.3 Å². The predicted octanol–water partition coefficient (Wildman–Crippen LogP) is 4.84. The monoisotopic (exact) mass is 456 g/mol. The Morgan fingerprint density at radius 2 is 2.03 bits per heavy atom. The summed E-state index contributed by atoms with van der Waals surface area (Å²) >= 11 is 2.40. The Morgan fingerprint density at radius 1 is 1.26 bits per heavy atom. The Kier molecular flexibility index (Phi) is 9.51. The van der Waals surface area contributed by atoms with Crippen molar-refractivity contribution in [1.29, 1.82) is 10.5 Å². The molecule has 0 unspecified atom stereocenters. The van der Waals surface area contributed by atoms with Crippen molar-refractivity contribution >= 4 is 40.0 Å². The second kappa shape index (κ2) is 12.1. The number of carbonyl (C=O) groups is 2. The Hall–Kier alpha value is -2.88. The van der Waals surface area contributed by atoms with Crippen LogP contribution in [0.1, 0.15) is 65.2 Å². The number of thiophene rings is 1. The number of carbonyl (C=O) groups excluding carboxylic acids is 2. The maximum Gasteiger partial charge on any atom is 0.348 e. The molecule has 0 atom stereocenters. The van der Waals surface area contributed by atoms with E-state index in [1.165, 1.54) is 11.8 Å². The van der Waals surface area contributed by atoms with Gasteiger partial charge in [-0.25, -0.2) is 9.78 Å². The number of amides is 1. The average Bonchev–Trinajstić information content (AvgIpc) is 3.07. The summed E-state index contributed by atoms with van der Waals surface area (Å²) < 4.78 is 5.01. The minimum Gasteiger partial charge on any atom is -0.462 e. The number of nitrogens with zero attached hydrogens (tertiary/aromatic N) is 3. The number of rotatable bonds is 10. The highest BCUT2D eigenvalue weighted by atomic mass is 32.2. The predicted molar refractivity (Wildman–Crippen MR) is 121 cm³/mol. The number of pyridine rings is 1. The summed E-state index contributed by atoms with van der Waals surface area (Å²) in [6, 6.07) is 7.82. The first-order chi connectivity index (χ1) is 14.9. The van der Waals surface area contributed by atoms with Gasteiger partial charge in [-0.3, -0.25) is 4.79 Å². The number of anilines is 1. The minimum atomic E-state index is -0.504. The molecule has 0 aliphatic heterocycles. The van der Waals surface area contributed by atoms with Gasteiger partial charge in [-0.2, -0.15) is 10.5 Å². The first-order valence-electron chi connectivity index (χ1n) is 9.98. The van der Waals surface area contributed by atoms with Gasteiger partial charge in [0.05, 0.1) is 17.7 Å². The topological polar surface area (TPSA) is 116 Å². The van der Waals surface area contributed by atoms with Crippen molar-refractivity contribution in [2.45, 2.75) is 51.5 Å². The van der Waals surface area contributed by atoms with E-state index in [1.807, 2.05) is 12.1 Å². The van der Waals surface area contributed by atoms with Crippen LogP contribution in [0.5, 0.6) is 0 Å². The van der Waals surface area contributed by atoms with Crippen LogP contribution in [0.3, 0.4) is 0 Å². The number of hydrogen-bond donors (Lipinski definition) is 1. The Morgan fingerprint density at radius 3 is 2.68 bits per heavy atom. The number of nitrogens with one attached hydrogen (secondary N) is 1. The fourth-order valence-electron chi connectivity index (χ4n) is 2.73. The number of esters is 1. The molecule has 2 aromatic heterocycles. The molecule has 0 radical (unpaired) electrons. The van der Waals surface area contributed by atoms with Crippen LogP contribution in [-0.4, -0.2) is 29.2 Å². The summed E-state index contributed by atoms with van der Waals surface area (Å²) in [4.78, 5) is 29.3. The number of ether oxygens (including phenoxy) is 1. The third kappa shape index (κ3) is 6.55. The molecule has 9 heteroatoms. The molecule has 0 aliphatic rings. The molecule has 0 saturated heterocycles. The second-order valence-electron chi connectivity index (χ2n) is 6.61. The quantitative estimate of drug-likeness (QED) is 0.402. The van der Waals surface area contributed by atoms with Crippen LogP contribution in [0.2, 0.25) is 0 Å². The van der Waals surface area contributed by atoms with Crippen molar-refractivity contribution in [3.05, 3.63) is 39.4 Å². The van der Waals surface area contributed by atoms with Gasteiger partial charge in [-0.1, -0.05) is 13.3 Å². The number of unbranched alkanes of at least 4 members (excludes halogenated alkanes) is 1. The summed E-state index contributed by atoms with van der Waals surface area (Å²) in [5.41, 5.74) is 2.20. The first kappa shape index (κ1) is 24.4. The van der Waals surface area contributed by atoms with Crippen molar-refractivity contribution in [2.75, 3.05) is 17.7 Å². The lowest BCUT2D eigenvalue weighted by Crippen LogP contribution is -2.12. The lowest BCUT2D eigenvalue weighted by molar-refractivity contribution is -0.115. The van der Waals surface area contributed by atoms with Gasteiger partial charge in [0.2, 0.25) is 5.91 Å². The fourth-order valence-corrected chi connectivity index (χ4v) is 4.73. The van der Waals surface area contributed by atoms with E-state index in [-0.39, 0.29) is 24.5 Å². The molecule has 2 heterocycles. The van der Waals surface area contributed by atoms with E-state index < -0.39 is 5.97 Å². The first-order valence-corrected chi connectivity index (χ1v) is 11.8. The molecular formula is C22H24N4O3S2. The van der Waals surface area contributed by atoms with Crippen molar-refractivity contribution in [2.24, 2.45) is 0 Å². The van der Waals surface area contributed by atoms with Gasteiger partial charge in [-0.15, -0.1) is 23.1 Å². The zero-order valence-corrected chi connectivity index (χ0v) is 19.4. The molecule has 0 aliphatic carbocycles. The third-order valence-electron chi connectivity index (χ3n) is 4.37. The van der Waals surface area contributed by atoms with E-state index in [9.17, 15) is 20.1 Å². The normalized spacial score (nSPS) is 10.2. The van der Waals surface area contributed by atoms with E-state index in [1.54, 1.807) is 19.9 Å². The van der Waals surface area contributed by atoms with Crippen LogP contribution < -0.4 is 5.32 Å². The molecule has 162 valence electrons. The lowest BCUT2D eigenvalue weighted by atomic mass is 10.2. The van der Waals surface area contributed by atoms with Crippen LogP contribution in [0.25, 0.3) is 0 Å². The molecule has 1 amide bonds. The summed E-state index contributed by atoms with van der Waals surface area (Å²) in [5.74, 6) is -0.348. The number of hydrogen-bond acceptors (Lipinski definition) is 8. The molecule has 0 fully saturated rings. The van der Waals surface area contributed by atoms with Gasteiger partial charge in [0, 0.05) is 17.9 Å². The molecule has 1 N–H and O–H groups in total. The van der Waals surface area contributed by atoms with Gasteiger partial charge in [-0.05, 0) is 44.4 Å². The van der Waals surface area contributed by atoms with Gasteiger partial charge in [0.1, 0.15) is 27.0 Å². The highest BCUT2D eigenvalue weighted by molar-refractivity contribution is 7.99.